The third-order valence-corrected chi connectivity index (χ3v) is 6.01. The van der Waals surface area contributed by atoms with Crippen LogP contribution in [0.1, 0.15) is 53.5 Å². The molecule has 1 amide bonds. The first kappa shape index (κ1) is 20.0. The Bertz CT molecular complexity index is 1050. The highest BCUT2D eigenvalue weighted by Crippen LogP contribution is 2.31. The molecule has 154 valence electrons. The van der Waals surface area contributed by atoms with Crippen molar-refractivity contribution in [3.8, 4) is 0 Å². The standard InChI is InChI=1S/C25H27N3O2/c1-4-18(2)26-17-28(27-16-15-22(29)19(3)23(27)25(26)30)24(20-11-7-5-8-12-20)21-13-9-6-10-14-21/h5-16,18,24H,4,17H2,1-3H3. The van der Waals surface area contributed by atoms with Crippen molar-refractivity contribution >= 4 is 5.91 Å². The zero-order chi connectivity index (χ0) is 21.3. The van der Waals surface area contributed by atoms with E-state index in [4.69, 9.17) is 0 Å². The van der Waals surface area contributed by atoms with Crippen molar-refractivity contribution in [1.29, 1.82) is 0 Å². The Hall–Kier alpha value is -3.34. The van der Waals surface area contributed by atoms with Crippen LogP contribution in [0.15, 0.2) is 77.7 Å². The van der Waals surface area contributed by atoms with Gasteiger partial charge in [-0.3, -0.25) is 19.3 Å². The van der Waals surface area contributed by atoms with E-state index in [0.29, 0.717) is 17.9 Å². The van der Waals surface area contributed by atoms with E-state index in [2.05, 4.69) is 43.1 Å². The van der Waals surface area contributed by atoms with Crippen molar-refractivity contribution in [2.45, 2.75) is 39.3 Å². The molecule has 1 aliphatic heterocycles. The molecule has 0 aliphatic carbocycles. The summed E-state index contributed by atoms with van der Waals surface area (Å²) < 4.78 is 1.88. The number of carbonyl (C=O) groups is 1. The number of aromatic nitrogens is 1. The van der Waals surface area contributed by atoms with Gasteiger partial charge >= 0.3 is 0 Å². The molecule has 1 unspecified atom stereocenters. The molecular weight excluding hydrogens is 374 g/mol. The highest BCUT2D eigenvalue weighted by Gasteiger charge is 2.36. The molecule has 0 N–H and O–H groups in total. The second kappa shape index (κ2) is 8.19. The molecule has 0 fully saturated rings. The van der Waals surface area contributed by atoms with Gasteiger partial charge in [0.2, 0.25) is 0 Å². The Labute approximate surface area is 177 Å². The van der Waals surface area contributed by atoms with Gasteiger partial charge in [-0.15, -0.1) is 0 Å². The lowest BCUT2D eigenvalue weighted by Gasteiger charge is -2.46. The molecule has 5 heteroatoms. The Morgan fingerprint density at radius 3 is 2.00 bits per heavy atom. The number of pyridine rings is 1. The van der Waals surface area contributed by atoms with Gasteiger partial charge in [-0.05, 0) is 31.4 Å². The average Bonchev–Trinajstić information content (AvgIpc) is 2.78. The molecule has 2 heterocycles. The Morgan fingerprint density at radius 2 is 1.47 bits per heavy atom. The number of nitrogens with zero attached hydrogens (tertiary/aromatic N) is 3. The fraction of sp³-hybridized carbons (Fsp3) is 0.280. The number of hydrogen-bond acceptors (Lipinski definition) is 3. The molecule has 2 aromatic carbocycles. The van der Waals surface area contributed by atoms with Crippen molar-refractivity contribution in [3.05, 3.63) is 106 Å². The first-order chi connectivity index (χ1) is 14.5. The molecule has 1 aromatic heterocycles. The van der Waals surface area contributed by atoms with Crippen molar-refractivity contribution in [3.63, 3.8) is 0 Å². The van der Waals surface area contributed by atoms with Gasteiger partial charge in [0.1, 0.15) is 12.4 Å². The van der Waals surface area contributed by atoms with Gasteiger partial charge in [-0.2, -0.15) is 0 Å². The summed E-state index contributed by atoms with van der Waals surface area (Å²) in [5.41, 5.74) is 3.08. The summed E-state index contributed by atoms with van der Waals surface area (Å²) in [6.45, 7) is 6.32. The third kappa shape index (κ3) is 3.41. The maximum absolute atomic E-state index is 13.4. The molecule has 4 rings (SSSR count). The Morgan fingerprint density at radius 1 is 0.900 bits per heavy atom. The molecule has 0 spiro atoms. The van der Waals surface area contributed by atoms with Crippen LogP contribution in [0.5, 0.6) is 0 Å². The third-order valence-electron chi connectivity index (χ3n) is 6.01. The van der Waals surface area contributed by atoms with E-state index in [1.165, 1.54) is 0 Å². The summed E-state index contributed by atoms with van der Waals surface area (Å²) in [6.07, 6.45) is 2.58. The van der Waals surface area contributed by atoms with Crippen LogP contribution in [0.25, 0.3) is 0 Å². The van der Waals surface area contributed by atoms with Crippen LogP contribution in [0.4, 0.5) is 0 Å². The minimum atomic E-state index is -0.114. The number of fused-ring (bicyclic) bond motifs is 1. The SMILES string of the molecule is CCC(C)N1CN(C(c2ccccc2)c2ccccc2)n2ccc(=O)c(C)c2C1=O. The smallest absolute Gasteiger partial charge is 0.274 e. The zero-order valence-corrected chi connectivity index (χ0v) is 17.7. The quantitative estimate of drug-likeness (QED) is 0.647. The van der Waals surface area contributed by atoms with Crippen LogP contribution in [0, 0.1) is 6.92 Å². The molecule has 0 radical (unpaired) electrons. The fourth-order valence-electron chi connectivity index (χ4n) is 4.10. The second-order valence-electron chi connectivity index (χ2n) is 7.84. The van der Waals surface area contributed by atoms with Crippen molar-refractivity contribution in [2.24, 2.45) is 0 Å². The van der Waals surface area contributed by atoms with E-state index >= 15 is 0 Å². The van der Waals surface area contributed by atoms with Gasteiger partial charge in [0.05, 0.1) is 6.04 Å². The summed E-state index contributed by atoms with van der Waals surface area (Å²) in [7, 11) is 0. The average molecular weight is 402 g/mol. The molecule has 0 bridgehead atoms. The van der Waals surface area contributed by atoms with Crippen molar-refractivity contribution < 1.29 is 4.79 Å². The highest BCUT2D eigenvalue weighted by atomic mass is 16.2. The monoisotopic (exact) mass is 401 g/mol. The summed E-state index contributed by atoms with van der Waals surface area (Å²) in [5, 5.41) is 2.18. The van der Waals surface area contributed by atoms with Crippen LogP contribution in [0.3, 0.4) is 0 Å². The first-order valence-electron chi connectivity index (χ1n) is 10.4. The molecule has 1 atom stereocenters. The summed E-state index contributed by atoms with van der Waals surface area (Å²) in [5.74, 6) is -0.0873. The van der Waals surface area contributed by atoms with E-state index in [0.717, 1.165) is 17.5 Å². The van der Waals surface area contributed by atoms with Crippen LogP contribution >= 0.6 is 0 Å². The van der Waals surface area contributed by atoms with E-state index in [-0.39, 0.29) is 23.4 Å². The van der Waals surface area contributed by atoms with Gasteiger partial charge < -0.3 is 4.90 Å². The van der Waals surface area contributed by atoms with Gasteiger partial charge in [0.15, 0.2) is 5.43 Å². The van der Waals surface area contributed by atoms with Crippen LogP contribution in [-0.4, -0.2) is 28.2 Å². The van der Waals surface area contributed by atoms with Gasteiger partial charge in [-0.1, -0.05) is 67.6 Å². The summed E-state index contributed by atoms with van der Waals surface area (Å²) in [6, 6.07) is 22.1. The van der Waals surface area contributed by atoms with E-state index < -0.39 is 0 Å². The molecule has 5 nitrogen and oxygen atoms in total. The van der Waals surface area contributed by atoms with Crippen LogP contribution in [-0.2, 0) is 0 Å². The Kier molecular flexibility index (Phi) is 5.44. The summed E-state index contributed by atoms with van der Waals surface area (Å²) in [4.78, 5) is 27.6. The molecular formula is C25H27N3O2. The normalized spacial score (nSPS) is 14.7. The number of hydrogen-bond donors (Lipinski definition) is 0. The number of amides is 1. The molecule has 1 aliphatic rings. The molecule has 3 aromatic rings. The van der Waals surface area contributed by atoms with Crippen LogP contribution in [0.2, 0.25) is 0 Å². The van der Waals surface area contributed by atoms with Gasteiger partial charge in [-0.25, -0.2) is 0 Å². The fourth-order valence-corrected chi connectivity index (χ4v) is 4.10. The topological polar surface area (TPSA) is 45.5 Å². The first-order valence-corrected chi connectivity index (χ1v) is 10.4. The number of benzene rings is 2. The minimum absolute atomic E-state index is 0.0654. The van der Waals surface area contributed by atoms with Crippen molar-refractivity contribution in [2.75, 3.05) is 11.7 Å². The molecule has 0 saturated carbocycles. The number of carbonyl (C=O) groups excluding carboxylic acids is 1. The lowest BCUT2D eigenvalue weighted by atomic mass is 9.97. The predicted octanol–water partition coefficient (Wildman–Crippen LogP) is 4.10. The summed E-state index contributed by atoms with van der Waals surface area (Å²) >= 11 is 0. The second-order valence-corrected chi connectivity index (χ2v) is 7.84. The lowest BCUT2D eigenvalue weighted by molar-refractivity contribution is 0.0605. The highest BCUT2D eigenvalue weighted by molar-refractivity contribution is 5.95. The number of rotatable bonds is 5. The van der Waals surface area contributed by atoms with E-state index in [9.17, 15) is 9.59 Å². The minimum Gasteiger partial charge on any atom is -0.315 e. The maximum Gasteiger partial charge on any atom is 0.274 e. The zero-order valence-electron chi connectivity index (χ0n) is 17.7. The van der Waals surface area contributed by atoms with Crippen molar-refractivity contribution in [1.82, 2.24) is 9.58 Å². The molecule has 30 heavy (non-hydrogen) atoms. The van der Waals surface area contributed by atoms with Gasteiger partial charge in [0.25, 0.3) is 5.91 Å². The molecule has 0 saturated heterocycles. The van der Waals surface area contributed by atoms with E-state index in [1.54, 1.807) is 19.2 Å². The lowest BCUT2D eigenvalue weighted by Crippen LogP contribution is -2.58. The maximum atomic E-state index is 13.4. The Balaban J connectivity index is 1.95. The predicted molar refractivity (Wildman–Crippen MR) is 119 cm³/mol. The van der Waals surface area contributed by atoms with Gasteiger partial charge in [0, 0.05) is 23.9 Å². The largest absolute Gasteiger partial charge is 0.315 e. The van der Waals surface area contributed by atoms with E-state index in [1.807, 2.05) is 46.0 Å². The van der Waals surface area contributed by atoms with Crippen LogP contribution < -0.4 is 10.4 Å².